The van der Waals surface area contributed by atoms with Gasteiger partial charge >= 0.3 is 0 Å². The Labute approximate surface area is 104 Å². The van der Waals surface area contributed by atoms with Crippen LogP contribution in [0.15, 0.2) is 24.5 Å². The molecule has 2 aromatic rings. The minimum absolute atomic E-state index is 0.0320. The number of H-pyrrole nitrogens is 1. The molecule has 0 saturated carbocycles. The highest BCUT2D eigenvalue weighted by atomic mass is 35.5. The van der Waals surface area contributed by atoms with Crippen molar-refractivity contribution >= 4 is 28.5 Å². The lowest BCUT2D eigenvalue weighted by Gasteiger charge is -2.26. The van der Waals surface area contributed by atoms with E-state index in [1.54, 1.807) is 6.33 Å². The van der Waals surface area contributed by atoms with Gasteiger partial charge < -0.3 is 10.3 Å². The molecule has 90 valence electrons. The summed E-state index contributed by atoms with van der Waals surface area (Å²) in [6, 6.07) is 5.87. The van der Waals surface area contributed by atoms with Crippen LogP contribution in [0.25, 0.3) is 11.0 Å². The van der Waals surface area contributed by atoms with E-state index in [1.807, 2.05) is 32.0 Å². The van der Waals surface area contributed by atoms with Crippen LogP contribution >= 0.6 is 11.6 Å². The molecule has 5 heteroatoms. The Morgan fingerprint density at radius 1 is 1.53 bits per heavy atom. The van der Waals surface area contributed by atoms with Crippen molar-refractivity contribution in [3.8, 4) is 0 Å². The van der Waals surface area contributed by atoms with Crippen molar-refractivity contribution in [2.75, 3.05) is 5.88 Å². The molecule has 0 radical (unpaired) electrons. The predicted octanol–water partition coefficient (Wildman–Crippen LogP) is 2.15. The van der Waals surface area contributed by atoms with Crippen molar-refractivity contribution < 1.29 is 4.79 Å². The van der Waals surface area contributed by atoms with E-state index >= 15 is 0 Å². The van der Waals surface area contributed by atoms with Gasteiger partial charge in [-0.2, -0.15) is 0 Å². The summed E-state index contributed by atoms with van der Waals surface area (Å²) in [4.78, 5) is 18.6. The molecule has 17 heavy (non-hydrogen) atoms. The molecule has 0 aliphatic carbocycles. The number of nitrogens with zero attached hydrogens (tertiary/aromatic N) is 1. The van der Waals surface area contributed by atoms with Crippen molar-refractivity contribution in [2.45, 2.75) is 19.4 Å². The number of aromatic amines is 1. The highest BCUT2D eigenvalue weighted by Gasteiger charge is 2.22. The first-order valence-corrected chi connectivity index (χ1v) is 5.87. The second-order valence-corrected chi connectivity index (χ2v) is 4.71. The van der Waals surface area contributed by atoms with E-state index in [2.05, 4.69) is 15.3 Å². The Morgan fingerprint density at radius 2 is 2.29 bits per heavy atom. The van der Waals surface area contributed by atoms with Crippen LogP contribution < -0.4 is 5.32 Å². The Bertz CT molecular complexity index is 547. The lowest BCUT2D eigenvalue weighted by atomic mass is 9.94. The second-order valence-electron chi connectivity index (χ2n) is 4.44. The molecular weight excluding hydrogens is 238 g/mol. The summed E-state index contributed by atoms with van der Waals surface area (Å²) >= 11 is 5.49. The second kappa shape index (κ2) is 4.37. The third-order valence-corrected chi connectivity index (χ3v) is 2.96. The number of nitrogens with one attached hydrogen (secondary N) is 2. The summed E-state index contributed by atoms with van der Waals surface area (Å²) in [5, 5.41) is 2.87. The van der Waals surface area contributed by atoms with Gasteiger partial charge in [0.1, 0.15) is 5.88 Å². The number of hydrogen-bond donors (Lipinski definition) is 2. The number of carbonyl (C=O) groups excluding carboxylic acids is 1. The highest BCUT2D eigenvalue weighted by molar-refractivity contribution is 6.27. The third-order valence-electron chi connectivity index (χ3n) is 2.72. The zero-order valence-corrected chi connectivity index (χ0v) is 10.5. The van der Waals surface area contributed by atoms with Crippen LogP contribution in [-0.4, -0.2) is 21.8 Å². The van der Waals surface area contributed by atoms with E-state index in [-0.39, 0.29) is 11.8 Å². The third kappa shape index (κ3) is 2.42. The zero-order chi connectivity index (χ0) is 12.5. The van der Waals surface area contributed by atoms with Gasteiger partial charge in [0.2, 0.25) is 5.91 Å². The molecule has 2 rings (SSSR count). The van der Waals surface area contributed by atoms with Crippen LogP contribution in [-0.2, 0) is 10.3 Å². The number of rotatable bonds is 3. The molecule has 0 saturated heterocycles. The fraction of sp³-hybridized carbons (Fsp3) is 0.333. The number of hydrogen-bond acceptors (Lipinski definition) is 2. The maximum Gasteiger partial charge on any atom is 0.235 e. The number of fused-ring (bicyclic) bond motifs is 1. The molecule has 0 spiro atoms. The van der Waals surface area contributed by atoms with Crippen molar-refractivity contribution in [1.82, 2.24) is 15.3 Å². The monoisotopic (exact) mass is 251 g/mol. The molecule has 1 aromatic heterocycles. The molecule has 0 fully saturated rings. The van der Waals surface area contributed by atoms with Crippen LogP contribution in [0.2, 0.25) is 0 Å². The lowest BCUT2D eigenvalue weighted by Crippen LogP contribution is -2.41. The first kappa shape index (κ1) is 11.9. The Kier molecular flexibility index (Phi) is 3.07. The fourth-order valence-corrected chi connectivity index (χ4v) is 1.85. The molecule has 2 N–H and O–H groups in total. The van der Waals surface area contributed by atoms with E-state index in [4.69, 9.17) is 11.6 Å². The maximum atomic E-state index is 11.4. The van der Waals surface area contributed by atoms with Crippen LogP contribution in [0.3, 0.4) is 0 Å². The van der Waals surface area contributed by atoms with Crippen LogP contribution in [0.4, 0.5) is 0 Å². The normalized spacial score (nSPS) is 11.7. The average molecular weight is 252 g/mol. The van der Waals surface area contributed by atoms with Gasteiger partial charge in [-0.05, 0) is 31.5 Å². The number of alkyl halides is 1. The van der Waals surface area contributed by atoms with Crippen molar-refractivity contribution in [2.24, 2.45) is 0 Å². The number of aromatic nitrogens is 2. The SMILES string of the molecule is CC(C)(NC(=O)CCl)c1ccc2nc[nH]c2c1. The largest absolute Gasteiger partial charge is 0.346 e. The van der Waals surface area contributed by atoms with E-state index in [0.29, 0.717) is 0 Å². The Morgan fingerprint density at radius 3 is 3.00 bits per heavy atom. The molecule has 0 unspecified atom stereocenters. The topological polar surface area (TPSA) is 57.8 Å². The Hall–Kier alpha value is -1.55. The van der Waals surface area contributed by atoms with E-state index in [1.165, 1.54) is 0 Å². The van der Waals surface area contributed by atoms with Gasteiger partial charge in [0.15, 0.2) is 0 Å². The number of imidazole rings is 1. The summed E-state index contributed by atoms with van der Waals surface area (Å²) in [6.45, 7) is 3.88. The maximum absolute atomic E-state index is 11.4. The summed E-state index contributed by atoms with van der Waals surface area (Å²) < 4.78 is 0. The van der Waals surface area contributed by atoms with Gasteiger partial charge in [0.05, 0.1) is 22.9 Å². The number of halogens is 1. The van der Waals surface area contributed by atoms with E-state index in [0.717, 1.165) is 16.6 Å². The smallest absolute Gasteiger partial charge is 0.235 e. The van der Waals surface area contributed by atoms with Gasteiger partial charge in [-0.1, -0.05) is 6.07 Å². The van der Waals surface area contributed by atoms with Crippen molar-refractivity contribution in [1.29, 1.82) is 0 Å². The standard InChI is InChI=1S/C12H14ClN3O/c1-12(2,16-11(17)6-13)8-3-4-9-10(5-8)15-7-14-9/h3-5,7H,6H2,1-2H3,(H,14,15)(H,16,17). The first-order valence-electron chi connectivity index (χ1n) is 5.33. The molecule has 1 amide bonds. The number of carbonyl (C=O) groups is 1. The minimum Gasteiger partial charge on any atom is -0.346 e. The van der Waals surface area contributed by atoms with Gasteiger partial charge in [0, 0.05) is 0 Å². The highest BCUT2D eigenvalue weighted by Crippen LogP contribution is 2.23. The lowest BCUT2D eigenvalue weighted by molar-refractivity contribution is -0.120. The first-order chi connectivity index (χ1) is 8.03. The molecular formula is C12H14ClN3O. The summed E-state index contributed by atoms with van der Waals surface area (Å²) in [5.74, 6) is -0.211. The summed E-state index contributed by atoms with van der Waals surface area (Å²) in [5.41, 5.74) is 2.42. The van der Waals surface area contributed by atoms with Crippen LogP contribution in [0.5, 0.6) is 0 Å². The van der Waals surface area contributed by atoms with Crippen LogP contribution in [0.1, 0.15) is 19.4 Å². The van der Waals surface area contributed by atoms with E-state index < -0.39 is 5.54 Å². The van der Waals surface area contributed by atoms with Gasteiger partial charge in [-0.25, -0.2) is 4.98 Å². The number of amides is 1. The summed E-state index contributed by atoms with van der Waals surface area (Å²) in [7, 11) is 0. The zero-order valence-electron chi connectivity index (χ0n) is 9.75. The molecule has 0 aliphatic rings. The predicted molar refractivity (Wildman–Crippen MR) is 68.0 cm³/mol. The van der Waals surface area contributed by atoms with E-state index in [9.17, 15) is 4.79 Å². The fourth-order valence-electron chi connectivity index (χ4n) is 1.78. The quantitative estimate of drug-likeness (QED) is 0.822. The number of benzene rings is 1. The van der Waals surface area contributed by atoms with Crippen molar-refractivity contribution in [3.63, 3.8) is 0 Å². The van der Waals surface area contributed by atoms with Gasteiger partial charge in [-0.15, -0.1) is 11.6 Å². The molecule has 4 nitrogen and oxygen atoms in total. The van der Waals surface area contributed by atoms with Crippen LogP contribution in [0, 0.1) is 0 Å². The van der Waals surface area contributed by atoms with Gasteiger partial charge in [-0.3, -0.25) is 4.79 Å². The average Bonchev–Trinajstić information content (AvgIpc) is 2.75. The van der Waals surface area contributed by atoms with Gasteiger partial charge in [0.25, 0.3) is 0 Å². The summed E-state index contributed by atoms with van der Waals surface area (Å²) in [6.07, 6.45) is 1.65. The molecule has 0 bridgehead atoms. The Balaban J connectivity index is 2.33. The molecule has 0 aliphatic heterocycles. The molecule has 0 atom stereocenters. The molecule has 1 aromatic carbocycles. The van der Waals surface area contributed by atoms with Crippen molar-refractivity contribution in [3.05, 3.63) is 30.1 Å². The molecule has 1 heterocycles. The minimum atomic E-state index is -0.453.